The highest BCUT2D eigenvalue weighted by Gasteiger charge is 2.16. The van der Waals surface area contributed by atoms with E-state index in [0.29, 0.717) is 11.3 Å². The summed E-state index contributed by atoms with van der Waals surface area (Å²) in [6, 6.07) is 7.29. The van der Waals surface area contributed by atoms with Gasteiger partial charge in [-0.3, -0.25) is 4.79 Å². The molecule has 0 bridgehead atoms. The summed E-state index contributed by atoms with van der Waals surface area (Å²) in [6.07, 6.45) is 0. The number of carbonyl (C=O) groups excluding carboxylic acids is 1. The van der Waals surface area contributed by atoms with Gasteiger partial charge in [-0.15, -0.1) is 0 Å². The van der Waals surface area contributed by atoms with Gasteiger partial charge in [-0.05, 0) is 37.3 Å². The van der Waals surface area contributed by atoms with Gasteiger partial charge < -0.3 is 10.5 Å². The van der Waals surface area contributed by atoms with E-state index in [4.69, 9.17) is 22.1 Å². The fraction of sp³-hybridized carbons (Fsp3) is 0.133. The zero-order valence-corrected chi connectivity index (χ0v) is 11.8. The molecule has 3 nitrogen and oxygen atoms in total. The Bertz CT molecular complexity index is 663. The first-order valence-electron chi connectivity index (χ1n) is 5.88. The van der Waals surface area contributed by atoms with Gasteiger partial charge in [0.25, 0.3) is 0 Å². The second-order valence-corrected chi connectivity index (χ2v) is 4.75. The molecule has 2 aromatic carbocycles. The van der Waals surface area contributed by atoms with Crippen molar-refractivity contribution >= 4 is 23.1 Å². The van der Waals surface area contributed by atoms with Crippen molar-refractivity contribution in [3.63, 3.8) is 0 Å². The largest absolute Gasteiger partial charge is 0.497 e. The number of nitrogen functional groups attached to an aromatic ring is 1. The Hall–Kier alpha value is -2.07. The molecule has 2 aromatic rings. The van der Waals surface area contributed by atoms with Crippen molar-refractivity contribution in [3.8, 4) is 5.75 Å². The molecule has 0 aliphatic carbocycles. The van der Waals surface area contributed by atoms with Crippen molar-refractivity contribution in [2.75, 3.05) is 12.8 Å². The number of benzene rings is 2. The van der Waals surface area contributed by atoms with Crippen LogP contribution >= 0.6 is 11.6 Å². The predicted molar refractivity (Wildman–Crippen MR) is 77.0 cm³/mol. The fourth-order valence-corrected chi connectivity index (χ4v) is 2.05. The van der Waals surface area contributed by atoms with E-state index in [2.05, 4.69) is 0 Å². The molecule has 0 saturated carbocycles. The van der Waals surface area contributed by atoms with Gasteiger partial charge in [0.2, 0.25) is 0 Å². The van der Waals surface area contributed by atoms with E-state index in [1.165, 1.54) is 25.3 Å². The van der Waals surface area contributed by atoms with Crippen LogP contribution in [0.15, 0.2) is 30.3 Å². The molecule has 0 radical (unpaired) electrons. The third-order valence-electron chi connectivity index (χ3n) is 3.07. The number of carbonyl (C=O) groups is 1. The van der Waals surface area contributed by atoms with E-state index in [0.717, 1.165) is 6.07 Å². The lowest BCUT2D eigenvalue weighted by Crippen LogP contribution is -2.05. The molecular formula is C15H13ClFNO2. The molecule has 0 amide bonds. The van der Waals surface area contributed by atoms with Crippen LogP contribution in [-0.2, 0) is 0 Å². The summed E-state index contributed by atoms with van der Waals surface area (Å²) in [6.45, 7) is 1.55. The maximum absolute atomic E-state index is 13.7. The van der Waals surface area contributed by atoms with Crippen LogP contribution in [0.25, 0.3) is 0 Å². The number of anilines is 1. The minimum Gasteiger partial charge on any atom is -0.497 e. The van der Waals surface area contributed by atoms with Crippen molar-refractivity contribution in [2.45, 2.75) is 6.92 Å². The Morgan fingerprint density at radius 2 is 2.00 bits per heavy atom. The second-order valence-electron chi connectivity index (χ2n) is 4.35. The van der Waals surface area contributed by atoms with Gasteiger partial charge in [0.15, 0.2) is 5.78 Å². The van der Waals surface area contributed by atoms with Crippen LogP contribution in [0.2, 0.25) is 5.02 Å². The number of ether oxygens (including phenoxy) is 1. The number of ketones is 1. The summed E-state index contributed by atoms with van der Waals surface area (Å²) in [5.41, 5.74) is 6.67. The quantitative estimate of drug-likeness (QED) is 0.695. The Morgan fingerprint density at radius 3 is 2.55 bits per heavy atom. The Kier molecular flexibility index (Phi) is 3.95. The predicted octanol–water partition coefficient (Wildman–Crippen LogP) is 3.61. The number of hydrogen-bond acceptors (Lipinski definition) is 3. The van der Waals surface area contributed by atoms with Gasteiger partial charge >= 0.3 is 0 Å². The summed E-state index contributed by atoms with van der Waals surface area (Å²) >= 11 is 6.04. The number of halogens is 2. The lowest BCUT2D eigenvalue weighted by atomic mass is 10.0. The van der Waals surface area contributed by atoms with E-state index in [9.17, 15) is 9.18 Å². The summed E-state index contributed by atoms with van der Waals surface area (Å²) in [5, 5.41) is 0.244. The fourth-order valence-electron chi connectivity index (χ4n) is 1.79. The molecule has 2 N–H and O–H groups in total. The highest BCUT2D eigenvalue weighted by Crippen LogP contribution is 2.26. The van der Waals surface area contributed by atoms with Gasteiger partial charge in [0.1, 0.15) is 11.6 Å². The first-order valence-corrected chi connectivity index (χ1v) is 6.25. The summed E-state index contributed by atoms with van der Waals surface area (Å²) in [7, 11) is 1.50. The van der Waals surface area contributed by atoms with Crippen LogP contribution in [0.3, 0.4) is 0 Å². The number of nitrogens with two attached hydrogens (primary N) is 1. The van der Waals surface area contributed by atoms with Gasteiger partial charge in [-0.25, -0.2) is 4.39 Å². The van der Waals surface area contributed by atoms with Crippen LogP contribution in [0.5, 0.6) is 5.75 Å². The van der Waals surface area contributed by atoms with Crippen molar-refractivity contribution in [3.05, 3.63) is 57.9 Å². The van der Waals surface area contributed by atoms with Gasteiger partial charge in [0, 0.05) is 22.4 Å². The molecule has 0 spiro atoms. The van der Waals surface area contributed by atoms with Crippen molar-refractivity contribution in [1.29, 1.82) is 0 Å². The SMILES string of the molecule is COc1ccc(C(=O)c2cc(N)c(C)c(F)c2)c(Cl)c1. The topological polar surface area (TPSA) is 52.3 Å². The van der Waals surface area contributed by atoms with E-state index < -0.39 is 5.82 Å². The third kappa shape index (κ3) is 2.60. The number of rotatable bonds is 3. The van der Waals surface area contributed by atoms with Crippen LogP contribution in [0.1, 0.15) is 21.5 Å². The molecule has 20 heavy (non-hydrogen) atoms. The first-order chi connectivity index (χ1) is 9.43. The smallest absolute Gasteiger partial charge is 0.194 e. The van der Waals surface area contributed by atoms with Crippen molar-refractivity contribution in [2.24, 2.45) is 0 Å². The average molecular weight is 294 g/mol. The molecule has 0 aromatic heterocycles. The van der Waals surface area contributed by atoms with Crippen LogP contribution in [0.4, 0.5) is 10.1 Å². The first kappa shape index (κ1) is 14.3. The molecule has 0 aliphatic heterocycles. The molecule has 104 valence electrons. The molecule has 0 aliphatic rings. The molecule has 2 rings (SSSR count). The summed E-state index contributed by atoms with van der Waals surface area (Å²) in [5.74, 6) is -0.359. The molecular weight excluding hydrogens is 281 g/mol. The zero-order valence-electron chi connectivity index (χ0n) is 11.0. The maximum atomic E-state index is 13.7. The molecule has 0 saturated heterocycles. The van der Waals surface area contributed by atoms with Crippen LogP contribution < -0.4 is 10.5 Å². The monoisotopic (exact) mass is 293 g/mol. The molecule has 0 unspecified atom stereocenters. The average Bonchev–Trinajstić information content (AvgIpc) is 2.43. The minimum absolute atomic E-state index is 0.165. The Balaban J connectivity index is 2.46. The van der Waals surface area contributed by atoms with E-state index >= 15 is 0 Å². The summed E-state index contributed by atoms with van der Waals surface area (Å²) in [4.78, 5) is 12.3. The second kappa shape index (κ2) is 5.51. The van der Waals surface area contributed by atoms with Crippen LogP contribution in [0, 0.1) is 12.7 Å². The van der Waals surface area contributed by atoms with Gasteiger partial charge in [0.05, 0.1) is 12.1 Å². The normalized spacial score (nSPS) is 10.4. The van der Waals surface area contributed by atoms with Gasteiger partial charge in [-0.2, -0.15) is 0 Å². The van der Waals surface area contributed by atoms with E-state index in [1.807, 2.05) is 0 Å². The molecule has 5 heteroatoms. The zero-order chi connectivity index (χ0) is 14.9. The Morgan fingerprint density at radius 1 is 1.30 bits per heavy atom. The van der Waals surface area contributed by atoms with Crippen LogP contribution in [-0.4, -0.2) is 12.9 Å². The maximum Gasteiger partial charge on any atom is 0.194 e. The highest BCUT2D eigenvalue weighted by molar-refractivity contribution is 6.35. The third-order valence-corrected chi connectivity index (χ3v) is 3.38. The lowest BCUT2D eigenvalue weighted by Gasteiger charge is -2.08. The van der Waals surface area contributed by atoms with Gasteiger partial charge in [-0.1, -0.05) is 11.6 Å². The molecule has 0 heterocycles. The lowest BCUT2D eigenvalue weighted by molar-refractivity contribution is 0.103. The molecule has 0 atom stereocenters. The van der Waals surface area contributed by atoms with Crippen molar-refractivity contribution < 1.29 is 13.9 Å². The number of hydrogen-bond donors (Lipinski definition) is 1. The highest BCUT2D eigenvalue weighted by atomic mass is 35.5. The standard InChI is InChI=1S/C15H13ClFNO2/c1-8-13(17)5-9(6-14(8)18)15(19)11-4-3-10(20-2)7-12(11)16/h3-7H,18H2,1-2H3. The van der Waals surface area contributed by atoms with E-state index in [1.54, 1.807) is 13.0 Å². The minimum atomic E-state index is -0.516. The summed E-state index contributed by atoms with van der Waals surface area (Å²) < 4.78 is 18.7. The van der Waals surface area contributed by atoms with Crippen molar-refractivity contribution in [1.82, 2.24) is 0 Å². The van der Waals surface area contributed by atoms with E-state index in [-0.39, 0.29) is 27.6 Å². The Labute approximate surface area is 121 Å². The number of methoxy groups -OCH3 is 1. The molecule has 0 fully saturated rings.